The molecule has 8 heteroatoms. The molecule has 0 fully saturated rings. The highest BCUT2D eigenvalue weighted by atomic mass is 16.7. The van der Waals surface area contributed by atoms with Gasteiger partial charge in [0.25, 0.3) is 0 Å². The monoisotopic (exact) mass is 432 g/mol. The summed E-state index contributed by atoms with van der Waals surface area (Å²) < 4.78 is 34.0. The molecule has 1 aliphatic carbocycles. The summed E-state index contributed by atoms with van der Waals surface area (Å²) in [4.78, 5) is 0. The van der Waals surface area contributed by atoms with Crippen LogP contribution in [0.3, 0.4) is 0 Å². The van der Waals surface area contributed by atoms with E-state index < -0.39 is 11.7 Å². The predicted octanol–water partition coefficient (Wildman–Crippen LogP) is 3.09. The molecule has 31 heavy (non-hydrogen) atoms. The molecule has 4 rings (SSSR count). The Labute approximate surface area is 181 Å². The third-order valence-corrected chi connectivity index (χ3v) is 6.39. The van der Waals surface area contributed by atoms with Crippen LogP contribution >= 0.6 is 0 Å². The fraction of sp³-hybridized carbons (Fsp3) is 0.478. The van der Waals surface area contributed by atoms with Gasteiger partial charge in [0.1, 0.15) is 6.10 Å². The third-order valence-electron chi connectivity index (χ3n) is 6.39. The highest BCUT2D eigenvalue weighted by molar-refractivity contribution is 5.89. The first kappa shape index (κ1) is 21.4. The Morgan fingerprint density at radius 2 is 1.61 bits per heavy atom. The van der Waals surface area contributed by atoms with Crippen molar-refractivity contribution in [2.75, 3.05) is 35.2 Å². The second kappa shape index (κ2) is 7.69. The van der Waals surface area contributed by atoms with Gasteiger partial charge in [-0.1, -0.05) is 6.92 Å². The van der Waals surface area contributed by atoms with Gasteiger partial charge < -0.3 is 38.6 Å². The van der Waals surface area contributed by atoms with Crippen molar-refractivity contribution in [2.24, 2.45) is 5.92 Å². The first-order valence-electron chi connectivity index (χ1n) is 10.0. The molecule has 168 valence electrons. The van der Waals surface area contributed by atoms with Crippen molar-refractivity contribution in [3.63, 3.8) is 0 Å². The summed E-state index contributed by atoms with van der Waals surface area (Å²) >= 11 is 0. The zero-order valence-electron chi connectivity index (χ0n) is 18.6. The van der Waals surface area contributed by atoms with Gasteiger partial charge in [-0.05, 0) is 42.5 Å². The average molecular weight is 432 g/mol. The summed E-state index contributed by atoms with van der Waals surface area (Å²) in [5.74, 6) is 2.34. The van der Waals surface area contributed by atoms with Crippen molar-refractivity contribution in [1.82, 2.24) is 0 Å². The van der Waals surface area contributed by atoms with Crippen LogP contribution in [-0.2, 0) is 6.42 Å². The maximum Gasteiger partial charge on any atom is 0.231 e. The van der Waals surface area contributed by atoms with Crippen molar-refractivity contribution < 1.29 is 38.6 Å². The largest absolute Gasteiger partial charge is 0.493 e. The number of ether oxygens (including phenoxy) is 6. The molecule has 3 atom stereocenters. The molecule has 1 aliphatic heterocycles. The van der Waals surface area contributed by atoms with E-state index >= 15 is 0 Å². The van der Waals surface area contributed by atoms with Crippen LogP contribution in [0.5, 0.6) is 34.5 Å². The van der Waals surface area contributed by atoms with E-state index in [-0.39, 0.29) is 12.7 Å². The van der Waals surface area contributed by atoms with Crippen LogP contribution in [0, 0.1) is 5.92 Å². The summed E-state index contributed by atoms with van der Waals surface area (Å²) in [6, 6.07) is 3.56. The van der Waals surface area contributed by atoms with E-state index in [0.29, 0.717) is 57.6 Å². The normalized spacial score (nSPS) is 23.9. The maximum atomic E-state index is 11.3. The van der Waals surface area contributed by atoms with Gasteiger partial charge in [0.2, 0.25) is 18.3 Å². The van der Waals surface area contributed by atoms with Gasteiger partial charge in [0.05, 0.1) is 34.0 Å². The zero-order valence-corrected chi connectivity index (χ0v) is 18.6. The van der Waals surface area contributed by atoms with Crippen molar-refractivity contribution in [2.45, 2.75) is 32.0 Å². The second-order valence-corrected chi connectivity index (χ2v) is 8.02. The molecule has 0 saturated heterocycles. The van der Waals surface area contributed by atoms with Gasteiger partial charge in [0.15, 0.2) is 23.0 Å². The highest BCUT2D eigenvalue weighted by Crippen LogP contribution is 2.58. The van der Waals surface area contributed by atoms with E-state index in [2.05, 4.69) is 0 Å². The van der Waals surface area contributed by atoms with Crippen LogP contribution in [0.1, 0.15) is 31.1 Å². The van der Waals surface area contributed by atoms with E-state index in [1.807, 2.05) is 13.0 Å². The SMILES string of the molecule is COc1cc2c(c(OC)c1OC)-c1c(cc3c(c1OC)OCO3)C(O)C(C)(O)C(C)C2. The zero-order chi connectivity index (χ0) is 22.5. The fourth-order valence-corrected chi connectivity index (χ4v) is 4.46. The van der Waals surface area contributed by atoms with Gasteiger partial charge in [-0.3, -0.25) is 0 Å². The molecule has 0 spiro atoms. The second-order valence-electron chi connectivity index (χ2n) is 8.02. The Balaban J connectivity index is 2.18. The number of aliphatic hydroxyl groups excluding tert-OH is 1. The molecule has 1 heterocycles. The first-order valence-corrected chi connectivity index (χ1v) is 10.0. The van der Waals surface area contributed by atoms with Crippen LogP contribution in [0.4, 0.5) is 0 Å². The van der Waals surface area contributed by atoms with E-state index in [1.54, 1.807) is 27.2 Å². The highest BCUT2D eigenvalue weighted by Gasteiger charge is 2.44. The Hall–Kier alpha value is -2.84. The first-order chi connectivity index (χ1) is 14.8. The number of aliphatic hydroxyl groups is 2. The molecule has 3 unspecified atom stereocenters. The molecule has 2 aliphatic rings. The lowest BCUT2D eigenvalue weighted by molar-refractivity contribution is -0.0988. The molecule has 0 saturated carbocycles. The van der Waals surface area contributed by atoms with Crippen LogP contribution < -0.4 is 28.4 Å². The van der Waals surface area contributed by atoms with Crippen LogP contribution in [0.15, 0.2) is 12.1 Å². The van der Waals surface area contributed by atoms with Crippen molar-refractivity contribution in [3.8, 4) is 45.6 Å². The molecule has 8 nitrogen and oxygen atoms in total. The number of hydrogen-bond acceptors (Lipinski definition) is 8. The van der Waals surface area contributed by atoms with Crippen LogP contribution in [-0.4, -0.2) is 51.0 Å². The van der Waals surface area contributed by atoms with Crippen molar-refractivity contribution >= 4 is 0 Å². The minimum absolute atomic E-state index is 0.0351. The number of benzene rings is 2. The van der Waals surface area contributed by atoms with Crippen LogP contribution in [0.2, 0.25) is 0 Å². The lowest BCUT2D eigenvalue weighted by Crippen LogP contribution is -2.41. The summed E-state index contributed by atoms with van der Waals surface area (Å²) in [6.45, 7) is 3.56. The lowest BCUT2D eigenvalue weighted by atomic mass is 9.73. The van der Waals surface area contributed by atoms with Crippen LogP contribution in [0.25, 0.3) is 11.1 Å². The van der Waals surface area contributed by atoms with E-state index in [9.17, 15) is 10.2 Å². The van der Waals surface area contributed by atoms with Crippen molar-refractivity contribution in [3.05, 3.63) is 23.3 Å². The molecule has 0 radical (unpaired) electrons. The molecular formula is C23H28O8. The molecule has 0 aromatic heterocycles. The van der Waals surface area contributed by atoms with Gasteiger partial charge in [0, 0.05) is 11.1 Å². The smallest absolute Gasteiger partial charge is 0.231 e. The third kappa shape index (κ3) is 3.04. The standard InChI is InChI=1S/C23H28O8/c1-11-7-12-8-14(26-3)18(27-4)20(28-5)16(12)17-13(22(24)23(11,2)25)9-15-19(21(17)29-6)31-10-30-15/h8-9,11,22,24-25H,7,10H2,1-6H3. The number of methoxy groups -OCH3 is 4. The molecule has 0 bridgehead atoms. The van der Waals surface area contributed by atoms with Crippen molar-refractivity contribution in [1.29, 1.82) is 0 Å². The Morgan fingerprint density at radius 1 is 0.935 bits per heavy atom. The van der Waals surface area contributed by atoms with E-state index in [4.69, 9.17) is 28.4 Å². The van der Waals surface area contributed by atoms with E-state index in [0.717, 1.165) is 5.56 Å². The molecule has 2 aromatic rings. The fourth-order valence-electron chi connectivity index (χ4n) is 4.46. The molecule has 2 N–H and O–H groups in total. The van der Waals surface area contributed by atoms with Gasteiger partial charge in [-0.15, -0.1) is 0 Å². The summed E-state index contributed by atoms with van der Waals surface area (Å²) in [5, 5.41) is 22.6. The Bertz CT molecular complexity index is 1010. The molecule has 2 aromatic carbocycles. The minimum Gasteiger partial charge on any atom is -0.493 e. The van der Waals surface area contributed by atoms with Gasteiger partial charge >= 0.3 is 0 Å². The summed E-state index contributed by atoms with van der Waals surface area (Å²) in [7, 11) is 6.17. The predicted molar refractivity (Wildman–Crippen MR) is 113 cm³/mol. The van der Waals surface area contributed by atoms with Gasteiger partial charge in [-0.25, -0.2) is 0 Å². The average Bonchev–Trinajstić information content (AvgIpc) is 3.24. The lowest BCUT2D eigenvalue weighted by Gasteiger charge is -2.39. The Morgan fingerprint density at radius 3 is 2.23 bits per heavy atom. The molecular weight excluding hydrogens is 404 g/mol. The summed E-state index contributed by atoms with van der Waals surface area (Å²) in [6.07, 6.45) is -0.764. The number of rotatable bonds is 4. The minimum atomic E-state index is -1.43. The van der Waals surface area contributed by atoms with Gasteiger partial charge in [-0.2, -0.15) is 0 Å². The Kier molecular flexibility index (Phi) is 5.31. The quantitative estimate of drug-likeness (QED) is 0.761. The van der Waals surface area contributed by atoms with E-state index in [1.165, 1.54) is 14.2 Å². The molecule has 0 amide bonds. The number of hydrogen-bond donors (Lipinski definition) is 2. The number of fused-ring (bicyclic) bond motifs is 4. The maximum absolute atomic E-state index is 11.3. The topological polar surface area (TPSA) is 95.8 Å². The summed E-state index contributed by atoms with van der Waals surface area (Å²) in [5.41, 5.74) is 1.12.